The fraction of sp³-hybridized carbons (Fsp3) is 0.0400. The van der Waals surface area contributed by atoms with Gasteiger partial charge in [0.05, 0.1) is 16.6 Å². The topological polar surface area (TPSA) is 99.6 Å². The minimum absolute atomic E-state index is 0.0294. The molecule has 0 fully saturated rings. The van der Waals surface area contributed by atoms with Crippen molar-refractivity contribution < 1.29 is 0 Å². The van der Waals surface area contributed by atoms with E-state index in [1.807, 2.05) is 79.7 Å². The molecule has 0 bridgehead atoms. The Morgan fingerprint density at radius 3 is 1.50 bits per heavy atom. The van der Waals surface area contributed by atoms with Crippen LogP contribution in [0.2, 0.25) is 0 Å². The summed E-state index contributed by atoms with van der Waals surface area (Å²) >= 11 is 0. The van der Waals surface area contributed by atoms with Gasteiger partial charge in [-0.05, 0) is 36.8 Å². The molecular formula is C25H11N5. The van der Waals surface area contributed by atoms with Crippen LogP contribution in [0.3, 0.4) is 0 Å². The van der Waals surface area contributed by atoms with Gasteiger partial charge in [0.25, 0.3) is 0 Å². The molecule has 0 aliphatic heterocycles. The summed E-state index contributed by atoms with van der Waals surface area (Å²) in [6.45, 7) is 1.92. The zero-order valence-corrected chi connectivity index (χ0v) is 15.9. The highest BCUT2D eigenvalue weighted by molar-refractivity contribution is 6.15. The van der Waals surface area contributed by atoms with Gasteiger partial charge in [-0.15, -0.1) is 0 Å². The van der Waals surface area contributed by atoms with Gasteiger partial charge >= 0.3 is 0 Å². The summed E-state index contributed by atoms with van der Waals surface area (Å²) in [4.78, 5) is 0. The molecule has 0 radical (unpaired) electrons. The standard InChI is InChI=1S/C25H11N5/c1-14-6-21-19(15(10-26)11-27)8-23-17-4-2-3-5-18(17)24-9-20(16(12-28)13-29)22(7-14)25(21)30(23)24/h2-9H,1H3. The van der Waals surface area contributed by atoms with Crippen LogP contribution in [-0.4, -0.2) is 4.40 Å². The highest BCUT2D eigenvalue weighted by atomic mass is 14.9. The number of pyridine rings is 2. The Kier molecular flexibility index (Phi) is 3.50. The molecule has 0 saturated heterocycles. The van der Waals surface area contributed by atoms with Crippen LogP contribution in [0.25, 0.3) is 49.2 Å². The Balaban J connectivity index is 2.35. The van der Waals surface area contributed by atoms with Crippen LogP contribution in [-0.2, 0) is 0 Å². The molecule has 0 amide bonds. The van der Waals surface area contributed by atoms with E-state index in [2.05, 4.69) is 4.40 Å². The van der Waals surface area contributed by atoms with Crippen molar-refractivity contribution in [3.8, 4) is 24.3 Å². The summed E-state index contributed by atoms with van der Waals surface area (Å²) < 4.78 is 2.10. The maximum absolute atomic E-state index is 9.58. The van der Waals surface area contributed by atoms with Crippen molar-refractivity contribution in [2.24, 2.45) is 0 Å². The van der Waals surface area contributed by atoms with E-state index in [-0.39, 0.29) is 11.1 Å². The summed E-state index contributed by atoms with van der Waals surface area (Å²) in [5.74, 6) is 0. The third-order valence-corrected chi connectivity index (χ3v) is 5.57. The van der Waals surface area contributed by atoms with Crippen molar-refractivity contribution in [1.29, 1.82) is 21.0 Å². The Morgan fingerprint density at radius 2 is 1.10 bits per heavy atom. The number of fused-ring (bicyclic) bond motifs is 3. The Hall–Kier alpha value is -4.84. The monoisotopic (exact) mass is 381 g/mol. The first-order valence-corrected chi connectivity index (χ1v) is 9.20. The lowest BCUT2D eigenvalue weighted by Crippen LogP contribution is -2.15. The molecule has 5 aromatic rings. The normalized spacial score (nSPS) is 10.7. The van der Waals surface area contributed by atoms with Crippen molar-refractivity contribution in [3.63, 3.8) is 0 Å². The van der Waals surface area contributed by atoms with Crippen LogP contribution < -0.4 is 10.4 Å². The zero-order valence-electron chi connectivity index (χ0n) is 15.9. The molecule has 0 aliphatic rings. The van der Waals surface area contributed by atoms with Crippen LogP contribution >= 0.6 is 0 Å². The molecule has 0 saturated carbocycles. The Labute approximate surface area is 170 Å². The highest BCUT2D eigenvalue weighted by Crippen LogP contribution is 2.32. The molecule has 5 heteroatoms. The van der Waals surface area contributed by atoms with E-state index in [0.717, 1.165) is 43.7 Å². The molecule has 0 aliphatic carbocycles. The predicted octanol–water partition coefficient (Wildman–Crippen LogP) is 3.54. The second kappa shape index (κ2) is 6.08. The molecule has 0 spiro atoms. The van der Waals surface area contributed by atoms with Gasteiger partial charge in [-0.1, -0.05) is 24.3 Å². The quantitative estimate of drug-likeness (QED) is 0.409. The summed E-state index contributed by atoms with van der Waals surface area (Å²) in [6.07, 6.45) is 0. The minimum atomic E-state index is 0.0294. The van der Waals surface area contributed by atoms with Crippen molar-refractivity contribution in [1.82, 2.24) is 4.40 Å². The Morgan fingerprint density at radius 1 is 0.667 bits per heavy atom. The number of rotatable bonds is 0. The molecule has 2 aromatic carbocycles. The van der Waals surface area contributed by atoms with Gasteiger partial charge in [0.1, 0.15) is 35.4 Å². The molecule has 3 aromatic heterocycles. The van der Waals surface area contributed by atoms with Crippen LogP contribution in [0, 0.1) is 52.2 Å². The lowest BCUT2D eigenvalue weighted by Gasteiger charge is -2.12. The Bertz CT molecular complexity index is 1680. The molecule has 5 nitrogen and oxygen atoms in total. The highest BCUT2D eigenvalue weighted by Gasteiger charge is 2.18. The van der Waals surface area contributed by atoms with Crippen molar-refractivity contribution in [2.75, 3.05) is 0 Å². The lowest BCUT2D eigenvalue weighted by atomic mass is 10.00. The fourth-order valence-corrected chi connectivity index (χ4v) is 4.39. The number of aromatic nitrogens is 1. The van der Waals surface area contributed by atoms with Gasteiger partial charge in [0, 0.05) is 32.0 Å². The minimum Gasteiger partial charge on any atom is -0.308 e. The summed E-state index contributed by atoms with van der Waals surface area (Å²) in [7, 11) is 0. The van der Waals surface area contributed by atoms with Crippen molar-refractivity contribution >= 4 is 49.2 Å². The summed E-state index contributed by atoms with van der Waals surface area (Å²) in [6, 6.07) is 23.6. The zero-order chi connectivity index (χ0) is 21.0. The predicted molar refractivity (Wildman–Crippen MR) is 114 cm³/mol. The van der Waals surface area contributed by atoms with Gasteiger partial charge in [-0.25, -0.2) is 0 Å². The second-order valence-corrected chi connectivity index (χ2v) is 7.17. The SMILES string of the molecule is Cc1cc2c(=C(C#N)C#N)cc3c4ccccc4c4cc(=C(C#N)C#N)c(c1)c2n34. The maximum Gasteiger partial charge on any atom is 0.137 e. The summed E-state index contributed by atoms with van der Waals surface area (Å²) in [5.41, 5.74) is 3.52. The van der Waals surface area contributed by atoms with E-state index in [0.29, 0.717) is 10.4 Å². The average molecular weight is 381 g/mol. The lowest BCUT2D eigenvalue weighted by molar-refractivity contribution is 1.31. The number of aryl methyl sites for hydroxylation is 1. The van der Waals surface area contributed by atoms with E-state index in [4.69, 9.17) is 0 Å². The van der Waals surface area contributed by atoms with Gasteiger partial charge in [-0.3, -0.25) is 0 Å². The second-order valence-electron chi connectivity index (χ2n) is 7.17. The van der Waals surface area contributed by atoms with Gasteiger partial charge in [0.15, 0.2) is 0 Å². The van der Waals surface area contributed by atoms with Crippen molar-refractivity contribution in [3.05, 3.63) is 64.5 Å². The largest absolute Gasteiger partial charge is 0.308 e. The van der Waals surface area contributed by atoms with Crippen LogP contribution in [0.1, 0.15) is 5.56 Å². The molecular weight excluding hydrogens is 370 g/mol. The molecule has 5 rings (SSSR count). The molecule has 30 heavy (non-hydrogen) atoms. The van der Waals surface area contributed by atoms with Crippen LogP contribution in [0.15, 0.2) is 48.5 Å². The number of hydrogen-bond acceptors (Lipinski definition) is 4. The number of hydrogen-bond donors (Lipinski definition) is 0. The van der Waals surface area contributed by atoms with Crippen molar-refractivity contribution in [2.45, 2.75) is 6.92 Å². The molecule has 0 atom stereocenters. The summed E-state index contributed by atoms with van der Waals surface area (Å²) in [5, 5.41) is 42.9. The number of nitriles is 4. The first-order chi connectivity index (χ1) is 14.6. The fourth-order valence-electron chi connectivity index (χ4n) is 4.39. The van der Waals surface area contributed by atoms with Gasteiger partial charge in [-0.2, -0.15) is 21.0 Å². The molecule has 3 heterocycles. The number of nitrogens with zero attached hydrogens (tertiary/aromatic N) is 5. The third-order valence-electron chi connectivity index (χ3n) is 5.57. The molecule has 136 valence electrons. The third kappa shape index (κ3) is 2.07. The first-order valence-electron chi connectivity index (χ1n) is 9.20. The average Bonchev–Trinajstić information content (AvgIpc) is 3.08. The molecule has 0 unspecified atom stereocenters. The van der Waals surface area contributed by atoms with Crippen LogP contribution in [0.4, 0.5) is 0 Å². The smallest absolute Gasteiger partial charge is 0.137 e. The van der Waals surface area contributed by atoms with E-state index in [1.54, 1.807) is 0 Å². The number of benzene rings is 2. The van der Waals surface area contributed by atoms with E-state index < -0.39 is 0 Å². The maximum atomic E-state index is 9.58. The van der Waals surface area contributed by atoms with Crippen LogP contribution in [0.5, 0.6) is 0 Å². The van der Waals surface area contributed by atoms with E-state index in [9.17, 15) is 21.0 Å². The molecule has 0 N–H and O–H groups in total. The van der Waals surface area contributed by atoms with Gasteiger partial charge < -0.3 is 4.40 Å². The first kappa shape index (κ1) is 17.3. The van der Waals surface area contributed by atoms with E-state index in [1.165, 1.54) is 0 Å². The van der Waals surface area contributed by atoms with Gasteiger partial charge in [0.2, 0.25) is 0 Å². The van der Waals surface area contributed by atoms with E-state index >= 15 is 0 Å².